The smallest absolute Gasteiger partial charge is 0.316 e. The maximum Gasteiger partial charge on any atom is 0.316 e. The molecule has 0 saturated carbocycles. The van der Waals surface area contributed by atoms with Gasteiger partial charge >= 0.3 is 5.97 Å². The number of esters is 1. The average molecular weight is 249 g/mol. The molecule has 0 fully saturated rings. The van der Waals surface area contributed by atoms with E-state index < -0.39 is 17.2 Å². The molecule has 0 radical (unpaired) electrons. The Hall–Kier alpha value is -1.89. The maximum absolute atomic E-state index is 13.8. The highest BCUT2D eigenvalue weighted by Crippen LogP contribution is 2.32. The molecule has 1 atom stereocenters. The number of hydrogen-bond donors (Lipinski definition) is 0. The lowest BCUT2D eigenvalue weighted by atomic mass is 9.78. The molecule has 96 valence electrons. The van der Waals surface area contributed by atoms with Crippen LogP contribution in [0.3, 0.4) is 0 Å². The topological polar surface area (TPSA) is 50.1 Å². The third-order valence-electron chi connectivity index (χ3n) is 2.93. The molecule has 0 N–H and O–H groups in total. The fraction of sp³-hybridized carbons (Fsp3) is 0.429. The lowest BCUT2D eigenvalue weighted by Crippen LogP contribution is -2.35. The highest BCUT2D eigenvalue weighted by molar-refractivity contribution is 5.82. The number of rotatable bonds is 5. The van der Waals surface area contributed by atoms with Gasteiger partial charge in [-0.25, -0.2) is 4.39 Å². The molecule has 0 heterocycles. The summed E-state index contributed by atoms with van der Waals surface area (Å²) in [6.45, 7) is 3.54. The molecule has 0 spiro atoms. The fourth-order valence-corrected chi connectivity index (χ4v) is 1.85. The standard InChI is InChI=1S/C14H16FNO2/c1-3-18-13(17)14(2,9-6-10-16)11-7-4-5-8-12(11)15/h4-5,7-8H,3,6,9H2,1-2H3. The lowest BCUT2D eigenvalue weighted by Gasteiger charge is -2.27. The number of carbonyl (C=O) groups excluding carboxylic acids is 1. The molecule has 18 heavy (non-hydrogen) atoms. The van der Waals surface area contributed by atoms with Crippen molar-refractivity contribution in [2.45, 2.75) is 32.1 Å². The molecule has 3 nitrogen and oxygen atoms in total. The quantitative estimate of drug-likeness (QED) is 0.754. The van der Waals surface area contributed by atoms with E-state index in [1.165, 1.54) is 6.07 Å². The fourth-order valence-electron chi connectivity index (χ4n) is 1.85. The zero-order chi connectivity index (χ0) is 13.6. The van der Waals surface area contributed by atoms with Gasteiger partial charge in [-0.1, -0.05) is 18.2 Å². The summed E-state index contributed by atoms with van der Waals surface area (Å²) in [6.07, 6.45) is 0.410. The summed E-state index contributed by atoms with van der Waals surface area (Å²) in [5.74, 6) is -0.948. The Balaban J connectivity index is 3.16. The van der Waals surface area contributed by atoms with Gasteiger partial charge in [0, 0.05) is 12.0 Å². The van der Waals surface area contributed by atoms with Gasteiger partial charge in [-0.3, -0.25) is 4.79 Å². The van der Waals surface area contributed by atoms with Gasteiger partial charge in [0.05, 0.1) is 18.1 Å². The van der Waals surface area contributed by atoms with Crippen LogP contribution < -0.4 is 0 Å². The van der Waals surface area contributed by atoms with Gasteiger partial charge in [-0.15, -0.1) is 0 Å². The van der Waals surface area contributed by atoms with Crippen LogP contribution in [0.5, 0.6) is 0 Å². The van der Waals surface area contributed by atoms with Crippen LogP contribution in [0.4, 0.5) is 4.39 Å². The van der Waals surface area contributed by atoms with Gasteiger partial charge in [0.15, 0.2) is 0 Å². The van der Waals surface area contributed by atoms with E-state index in [0.717, 1.165) is 0 Å². The third-order valence-corrected chi connectivity index (χ3v) is 2.93. The number of halogens is 1. The van der Waals surface area contributed by atoms with Gasteiger partial charge in [-0.2, -0.15) is 5.26 Å². The van der Waals surface area contributed by atoms with Gasteiger partial charge in [0.2, 0.25) is 0 Å². The first kappa shape index (κ1) is 14.2. The predicted octanol–water partition coefficient (Wildman–Crippen LogP) is 2.95. The Morgan fingerprint density at radius 2 is 2.17 bits per heavy atom. The minimum atomic E-state index is -1.11. The summed E-state index contributed by atoms with van der Waals surface area (Å²) >= 11 is 0. The molecule has 1 aromatic carbocycles. The van der Waals surface area contributed by atoms with Gasteiger partial charge in [0.25, 0.3) is 0 Å². The summed E-state index contributed by atoms with van der Waals surface area (Å²) in [7, 11) is 0. The maximum atomic E-state index is 13.8. The summed E-state index contributed by atoms with van der Waals surface area (Å²) in [5.41, 5.74) is -0.837. The average Bonchev–Trinajstić information content (AvgIpc) is 2.36. The van der Waals surface area contributed by atoms with Crippen molar-refractivity contribution in [2.24, 2.45) is 0 Å². The van der Waals surface area contributed by atoms with Crippen LogP contribution in [0.2, 0.25) is 0 Å². The third kappa shape index (κ3) is 2.86. The molecule has 0 amide bonds. The molecule has 0 aliphatic heterocycles. The van der Waals surface area contributed by atoms with E-state index in [-0.39, 0.29) is 25.0 Å². The Labute approximate surface area is 106 Å². The number of benzene rings is 1. The first-order chi connectivity index (χ1) is 8.56. The van der Waals surface area contributed by atoms with E-state index in [9.17, 15) is 9.18 Å². The SMILES string of the molecule is CCOC(=O)C(C)(CCC#N)c1ccccc1F. The molecule has 4 heteroatoms. The first-order valence-electron chi connectivity index (χ1n) is 5.85. The van der Waals surface area contributed by atoms with Crippen molar-refractivity contribution in [1.29, 1.82) is 5.26 Å². The summed E-state index contributed by atoms with van der Waals surface area (Å²) in [5, 5.41) is 8.66. The van der Waals surface area contributed by atoms with Crippen molar-refractivity contribution in [3.8, 4) is 6.07 Å². The number of hydrogen-bond acceptors (Lipinski definition) is 3. The van der Waals surface area contributed by atoms with E-state index >= 15 is 0 Å². The van der Waals surface area contributed by atoms with Crippen LogP contribution in [0.25, 0.3) is 0 Å². The predicted molar refractivity (Wildman–Crippen MR) is 65.2 cm³/mol. The van der Waals surface area contributed by atoms with Crippen molar-refractivity contribution in [3.63, 3.8) is 0 Å². The molecule has 1 rings (SSSR count). The van der Waals surface area contributed by atoms with Gasteiger partial charge in [0.1, 0.15) is 5.82 Å². The normalized spacial score (nSPS) is 13.4. The Morgan fingerprint density at radius 1 is 1.50 bits per heavy atom. The largest absolute Gasteiger partial charge is 0.465 e. The minimum absolute atomic E-state index is 0.170. The number of ether oxygens (including phenoxy) is 1. The van der Waals surface area contributed by atoms with Crippen molar-refractivity contribution in [2.75, 3.05) is 6.61 Å². The second-order valence-electron chi connectivity index (χ2n) is 4.19. The Morgan fingerprint density at radius 3 is 2.72 bits per heavy atom. The molecule has 0 aliphatic carbocycles. The summed E-state index contributed by atoms with van der Waals surface area (Å²) < 4.78 is 18.8. The number of nitrogens with zero attached hydrogens (tertiary/aromatic N) is 1. The molecule has 0 aliphatic rings. The monoisotopic (exact) mass is 249 g/mol. The minimum Gasteiger partial charge on any atom is -0.465 e. The van der Waals surface area contributed by atoms with Crippen molar-refractivity contribution >= 4 is 5.97 Å². The van der Waals surface area contributed by atoms with E-state index in [1.54, 1.807) is 32.0 Å². The molecule has 0 bridgehead atoms. The van der Waals surface area contributed by atoms with E-state index in [2.05, 4.69) is 0 Å². The first-order valence-corrected chi connectivity index (χ1v) is 5.85. The van der Waals surface area contributed by atoms with Crippen molar-refractivity contribution < 1.29 is 13.9 Å². The van der Waals surface area contributed by atoms with Gasteiger partial charge < -0.3 is 4.74 Å². The van der Waals surface area contributed by atoms with E-state index in [0.29, 0.717) is 0 Å². The Bertz CT molecular complexity index is 467. The molecule has 1 unspecified atom stereocenters. The lowest BCUT2D eigenvalue weighted by molar-refractivity contribution is -0.149. The van der Waals surface area contributed by atoms with Crippen LogP contribution in [0.15, 0.2) is 24.3 Å². The molecular weight excluding hydrogens is 233 g/mol. The Kier molecular flexibility index (Phi) is 4.85. The molecule has 1 aromatic rings. The molecular formula is C14H16FNO2. The second kappa shape index (κ2) is 6.15. The molecule has 0 aromatic heterocycles. The van der Waals surface area contributed by atoms with Crippen LogP contribution in [0.1, 0.15) is 32.3 Å². The van der Waals surface area contributed by atoms with Crippen molar-refractivity contribution in [3.05, 3.63) is 35.6 Å². The number of nitriles is 1. The highest BCUT2D eigenvalue weighted by Gasteiger charge is 2.38. The second-order valence-corrected chi connectivity index (χ2v) is 4.19. The highest BCUT2D eigenvalue weighted by atomic mass is 19.1. The summed E-state index contributed by atoms with van der Waals surface area (Å²) in [6, 6.07) is 8.08. The van der Waals surface area contributed by atoms with Crippen LogP contribution in [-0.4, -0.2) is 12.6 Å². The van der Waals surface area contributed by atoms with Crippen LogP contribution in [0, 0.1) is 17.1 Å². The van der Waals surface area contributed by atoms with E-state index in [4.69, 9.17) is 10.00 Å². The van der Waals surface area contributed by atoms with Crippen LogP contribution in [-0.2, 0) is 14.9 Å². The number of carbonyl (C=O) groups is 1. The zero-order valence-electron chi connectivity index (χ0n) is 10.6. The van der Waals surface area contributed by atoms with Crippen LogP contribution >= 0.6 is 0 Å². The molecule has 0 saturated heterocycles. The van der Waals surface area contributed by atoms with Crippen molar-refractivity contribution in [1.82, 2.24) is 0 Å². The summed E-state index contributed by atoms with van der Waals surface area (Å²) in [4.78, 5) is 12.0. The van der Waals surface area contributed by atoms with Gasteiger partial charge in [-0.05, 0) is 26.3 Å². The van der Waals surface area contributed by atoms with E-state index in [1.807, 2.05) is 6.07 Å². The zero-order valence-corrected chi connectivity index (χ0v) is 10.6.